The van der Waals surface area contributed by atoms with Crippen LogP contribution in [0, 0.1) is 0 Å². The van der Waals surface area contributed by atoms with Crippen LogP contribution in [0.1, 0.15) is 10.4 Å². The Hall–Kier alpha value is -0.620. The molecule has 1 rings (SSSR count). The maximum atomic E-state index is 10.2. The summed E-state index contributed by atoms with van der Waals surface area (Å²) >= 11 is 0. The molecule has 0 aliphatic rings. The molecule has 92 valence electrons. The topological polar surface area (TPSA) is 77.8 Å². The van der Waals surface area contributed by atoms with Gasteiger partial charge in [-0.25, -0.2) is 4.79 Å². The van der Waals surface area contributed by atoms with Crippen LogP contribution in [0.5, 0.6) is 0 Å². The van der Waals surface area contributed by atoms with Crippen LogP contribution >= 0.6 is 0 Å². The second kappa shape index (κ2) is 10.5. The maximum absolute atomic E-state index is 10.2. The van der Waals surface area contributed by atoms with Crippen LogP contribution in [-0.4, -0.2) is 85.4 Å². The Balaban J connectivity index is 0. The number of hydrogen-bond acceptors (Lipinski definition) is 3. The molecular weight excluding hydrogens is 250 g/mol. The molecule has 6 heteroatoms. The summed E-state index contributed by atoms with van der Waals surface area (Å²) in [6.45, 7) is 0.111. The Morgan fingerprint density at radius 1 is 1.12 bits per heavy atom. The molecule has 1 aromatic rings. The van der Waals surface area contributed by atoms with Crippen LogP contribution in [-0.2, 0) is 4.79 Å². The van der Waals surface area contributed by atoms with E-state index in [-0.39, 0.29) is 44.3 Å². The zero-order valence-electron chi connectivity index (χ0n) is 9.25. The van der Waals surface area contributed by atoms with Crippen molar-refractivity contribution in [2.24, 2.45) is 0 Å². The fourth-order valence-corrected chi connectivity index (χ4v) is 0.851. The van der Waals surface area contributed by atoms with E-state index < -0.39 is 11.9 Å². The molecule has 0 atom stereocenters. The van der Waals surface area contributed by atoms with E-state index in [0.717, 1.165) is 0 Å². The van der Waals surface area contributed by atoms with Crippen LogP contribution in [0.3, 0.4) is 0 Å². The van der Waals surface area contributed by atoms with Gasteiger partial charge in [0.2, 0.25) is 0 Å². The predicted octanol–water partition coefficient (Wildman–Crippen LogP) is 0.101. The van der Waals surface area contributed by atoms with Gasteiger partial charge in [-0.3, -0.25) is 9.69 Å². The van der Waals surface area contributed by atoms with Crippen LogP contribution in [0.15, 0.2) is 30.3 Å². The number of carboxylic acid groups (broad SMARTS) is 2. The summed E-state index contributed by atoms with van der Waals surface area (Å²) in [7, 11) is 3.43. The molecule has 2 N–H and O–H groups in total. The van der Waals surface area contributed by atoms with Crippen molar-refractivity contribution in [2.45, 2.75) is 0 Å². The zero-order valence-corrected chi connectivity index (χ0v) is 9.25. The van der Waals surface area contributed by atoms with Crippen molar-refractivity contribution in [3.05, 3.63) is 35.9 Å². The third-order valence-electron chi connectivity index (χ3n) is 1.47. The van der Waals surface area contributed by atoms with E-state index in [0.29, 0.717) is 5.56 Å². The van der Waals surface area contributed by atoms with Crippen LogP contribution in [0.25, 0.3) is 0 Å². The van der Waals surface area contributed by atoms with Gasteiger partial charge in [0.15, 0.2) is 0 Å². The van der Waals surface area contributed by atoms with Crippen molar-refractivity contribution < 1.29 is 19.8 Å². The Morgan fingerprint density at radius 2 is 1.59 bits per heavy atom. The summed E-state index contributed by atoms with van der Waals surface area (Å²) in [5.41, 5.74) is 0.331. The number of aromatic carboxylic acids is 1. The number of nitrogens with zero attached hydrogens (tertiary/aromatic N) is 1. The van der Waals surface area contributed by atoms with Gasteiger partial charge < -0.3 is 10.2 Å². The molecule has 0 aliphatic heterocycles. The predicted molar refractivity (Wildman–Crippen MR) is 68.1 cm³/mol. The van der Waals surface area contributed by atoms with Gasteiger partial charge in [-0.15, -0.1) is 0 Å². The number of hydrogen-bond donors (Lipinski definition) is 2. The summed E-state index contributed by atoms with van der Waals surface area (Å²) in [5.74, 6) is -1.67. The molecule has 0 amide bonds. The SMILES string of the molecule is CN(C)CC(=O)O.O=C(O)c1ccccc1.[CaH2]. The van der Waals surface area contributed by atoms with E-state index in [9.17, 15) is 9.59 Å². The minimum atomic E-state index is -0.879. The van der Waals surface area contributed by atoms with E-state index in [1.165, 1.54) is 0 Å². The standard InChI is InChI=1S/C7H6O2.C4H9NO2.Ca.2H/c8-7(9)6-4-2-1-3-5-6;1-5(2)3-4(6)7;;;/h1-5H,(H,8,9);3H2,1-2H3,(H,6,7);;;. The molecular formula is C11H17CaNO4. The van der Waals surface area contributed by atoms with Gasteiger partial charge in [-0.1, -0.05) is 18.2 Å². The molecule has 0 unspecified atom stereocenters. The van der Waals surface area contributed by atoms with Crippen LogP contribution in [0.4, 0.5) is 0 Å². The number of carbonyl (C=O) groups is 2. The third kappa shape index (κ3) is 11.6. The van der Waals surface area contributed by atoms with Crippen molar-refractivity contribution in [1.29, 1.82) is 0 Å². The van der Waals surface area contributed by atoms with Crippen molar-refractivity contribution in [3.8, 4) is 0 Å². The quantitative estimate of drug-likeness (QED) is 0.760. The fraction of sp³-hybridized carbons (Fsp3) is 0.273. The summed E-state index contributed by atoms with van der Waals surface area (Å²) < 4.78 is 0. The Bertz CT molecular complexity index is 341. The van der Waals surface area contributed by atoms with E-state index >= 15 is 0 Å². The van der Waals surface area contributed by atoms with E-state index in [1.54, 1.807) is 49.3 Å². The molecule has 0 heterocycles. The minimum absolute atomic E-state index is 0. The van der Waals surface area contributed by atoms with Gasteiger partial charge in [0, 0.05) is 0 Å². The van der Waals surface area contributed by atoms with Crippen LogP contribution < -0.4 is 0 Å². The fourth-order valence-electron chi connectivity index (χ4n) is 0.851. The second-order valence-corrected chi connectivity index (χ2v) is 3.30. The number of rotatable bonds is 3. The van der Waals surface area contributed by atoms with Crippen LogP contribution in [0.2, 0.25) is 0 Å². The molecule has 17 heavy (non-hydrogen) atoms. The van der Waals surface area contributed by atoms with Gasteiger partial charge in [0.25, 0.3) is 0 Å². The zero-order chi connectivity index (χ0) is 12.6. The first-order valence-corrected chi connectivity index (χ1v) is 4.58. The molecule has 0 fully saturated rings. The Morgan fingerprint density at radius 3 is 1.76 bits per heavy atom. The Kier molecular flexibility index (Phi) is 11.6. The van der Waals surface area contributed by atoms with E-state index in [4.69, 9.17) is 10.2 Å². The molecule has 0 aliphatic carbocycles. The number of likely N-dealkylation sites (N-methyl/N-ethyl adjacent to an activating group) is 1. The summed E-state index contributed by atoms with van der Waals surface area (Å²) in [6, 6.07) is 8.30. The third-order valence-corrected chi connectivity index (χ3v) is 1.47. The normalized spacial score (nSPS) is 8.65. The average Bonchev–Trinajstić information content (AvgIpc) is 2.17. The number of aliphatic carboxylic acids is 1. The number of carboxylic acids is 2. The molecule has 0 bridgehead atoms. The van der Waals surface area contributed by atoms with E-state index in [1.807, 2.05) is 0 Å². The van der Waals surface area contributed by atoms with Gasteiger partial charge >= 0.3 is 49.7 Å². The van der Waals surface area contributed by atoms with Gasteiger partial charge in [0.1, 0.15) is 0 Å². The summed E-state index contributed by atoms with van der Waals surface area (Å²) in [6.07, 6.45) is 0. The molecule has 5 nitrogen and oxygen atoms in total. The van der Waals surface area contributed by atoms with Gasteiger partial charge in [-0.2, -0.15) is 0 Å². The van der Waals surface area contributed by atoms with Crippen molar-refractivity contribution in [1.82, 2.24) is 4.90 Å². The first-order valence-electron chi connectivity index (χ1n) is 4.58. The Labute approximate surface area is 130 Å². The van der Waals surface area contributed by atoms with Crippen molar-refractivity contribution in [2.75, 3.05) is 20.6 Å². The van der Waals surface area contributed by atoms with Crippen molar-refractivity contribution in [3.63, 3.8) is 0 Å². The van der Waals surface area contributed by atoms with Crippen molar-refractivity contribution >= 4 is 49.7 Å². The molecule has 0 radical (unpaired) electrons. The number of benzene rings is 1. The molecule has 0 saturated carbocycles. The first-order chi connectivity index (χ1) is 7.43. The second-order valence-electron chi connectivity index (χ2n) is 3.30. The molecule has 1 aromatic carbocycles. The molecule has 0 saturated heterocycles. The summed E-state index contributed by atoms with van der Waals surface area (Å²) in [5, 5.41) is 16.4. The van der Waals surface area contributed by atoms with E-state index in [2.05, 4.69) is 0 Å². The average molecular weight is 267 g/mol. The summed E-state index contributed by atoms with van der Waals surface area (Å²) in [4.78, 5) is 21.6. The monoisotopic (exact) mass is 267 g/mol. The van der Waals surface area contributed by atoms with Gasteiger partial charge in [-0.05, 0) is 26.2 Å². The molecule has 0 aromatic heterocycles. The first kappa shape index (κ1) is 18.7. The molecule has 0 spiro atoms. The van der Waals surface area contributed by atoms with Gasteiger partial charge in [0.05, 0.1) is 12.1 Å².